The number of aromatic nitrogens is 1. The van der Waals surface area contributed by atoms with Crippen molar-refractivity contribution in [3.05, 3.63) is 72.6 Å². The molecule has 0 bridgehead atoms. The first-order valence-electron chi connectivity index (χ1n) is 7.13. The Morgan fingerprint density at radius 2 is 1.86 bits per heavy atom. The molecule has 21 heavy (non-hydrogen) atoms. The zero-order chi connectivity index (χ0) is 14.3. The van der Waals surface area contributed by atoms with E-state index in [1.807, 2.05) is 48.8 Å². The molecule has 3 rings (SSSR count). The Kier molecular flexibility index (Phi) is 4.44. The van der Waals surface area contributed by atoms with Crippen LogP contribution >= 0.6 is 0 Å². The number of hydrogen-bond donors (Lipinski definition) is 1. The number of pyridine rings is 1. The highest BCUT2D eigenvalue weighted by atomic mass is 16.5. The minimum absolute atomic E-state index is 0.668. The molecule has 0 aliphatic carbocycles. The van der Waals surface area contributed by atoms with Crippen LogP contribution in [0.2, 0.25) is 0 Å². The molecule has 0 spiro atoms. The molecule has 3 aromatic rings. The fourth-order valence-electron chi connectivity index (χ4n) is 2.23. The minimum Gasteiger partial charge on any atom is -0.492 e. The lowest BCUT2D eigenvalue weighted by molar-refractivity contribution is 0.313. The standard InChI is InChI=1S/C18H18N2O/c1-2-4-18(5-3-1)21-11-10-20-13-15-6-7-17-14-19-9-8-16(17)12-15/h1-9,12,14,20H,10-11,13H2. The first-order chi connectivity index (χ1) is 10.4. The predicted octanol–water partition coefficient (Wildman–Crippen LogP) is 3.40. The summed E-state index contributed by atoms with van der Waals surface area (Å²) >= 11 is 0. The maximum atomic E-state index is 5.64. The van der Waals surface area contributed by atoms with E-state index in [1.54, 1.807) is 0 Å². The highest BCUT2D eigenvalue weighted by Crippen LogP contribution is 2.14. The lowest BCUT2D eigenvalue weighted by Crippen LogP contribution is -2.20. The average Bonchev–Trinajstić information content (AvgIpc) is 2.55. The molecule has 0 aliphatic heterocycles. The van der Waals surface area contributed by atoms with Crippen LogP contribution in [0.25, 0.3) is 10.8 Å². The summed E-state index contributed by atoms with van der Waals surface area (Å²) in [6.07, 6.45) is 3.72. The van der Waals surface area contributed by atoms with Crippen molar-refractivity contribution in [3.8, 4) is 5.75 Å². The van der Waals surface area contributed by atoms with Crippen molar-refractivity contribution in [1.82, 2.24) is 10.3 Å². The summed E-state index contributed by atoms with van der Waals surface area (Å²) in [6.45, 7) is 2.33. The fraction of sp³-hybridized carbons (Fsp3) is 0.167. The second-order valence-corrected chi connectivity index (χ2v) is 4.90. The summed E-state index contributed by atoms with van der Waals surface area (Å²) in [5, 5.41) is 5.80. The second-order valence-electron chi connectivity index (χ2n) is 4.90. The highest BCUT2D eigenvalue weighted by molar-refractivity contribution is 5.81. The van der Waals surface area contributed by atoms with Crippen molar-refractivity contribution in [2.24, 2.45) is 0 Å². The maximum absolute atomic E-state index is 5.64. The topological polar surface area (TPSA) is 34.1 Å². The van der Waals surface area contributed by atoms with E-state index in [0.717, 1.165) is 18.8 Å². The van der Waals surface area contributed by atoms with E-state index in [0.29, 0.717) is 6.61 Å². The molecule has 1 aromatic heterocycles. The van der Waals surface area contributed by atoms with Crippen molar-refractivity contribution < 1.29 is 4.74 Å². The SMILES string of the molecule is c1ccc(OCCNCc2ccc3cnccc3c2)cc1. The molecule has 0 unspecified atom stereocenters. The third-order valence-corrected chi connectivity index (χ3v) is 3.32. The first-order valence-corrected chi connectivity index (χ1v) is 7.13. The van der Waals surface area contributed by atoms with Crippen molar-refractivity contribution in [2.45, 2.75) is 6.54 Å². The van der Waals surface area contributed by atoms with Gasteiger partial charge in [-0.05, 0) is 35.2 Å². The van der Waals surface area contributed by atoms with Gasteiger partial charge in [0.1, 0.15) is 12.4 Å². The molecule has 2 aromatic carbocycles. The number of benzene rings is 2. The van der Waals surface area contributed by atoms with E-state index in [-0.39, 0.29) is 0 Å². The number of ether oxygens (including phenoxy) is 1. The molecule has 0 atom stereocenters. The van der Waals surface area contributed by atoms with E-state index in [1.165, 1.54) is 16.3 Å². The summed E-state index contributed by atoms with van der Waals surface area (Å²) in [7, 11) is 0. The minimum atomic E-state index is 0.668. The van der Waals surface area contributed by atoms with Crippen LogP contribution in [0.4, 0.5) is 0 Å². The second kappa shape index (κ2) is 6.86. The molecule has 0 amide bonds. The quantitative estimate of drug-likeness (QED) is 0.702. The summed E-state index contributed by atoms with van der Waals surface area (Å²) in [5.74, 6) is 0.914. The molecule has 1 N–H and O–H groups in total. The van der Waals surface area contributed by atoms with Crippen LogP contribution in [0.1, 0.15) is 5.56 Å². The van der Waals surface area contributed by atoms with Crippen LogP contribution in [0, 0.1) is 0 Å². The normalized spacial score (nSPS) is 10.7. The van der Waals surface area contributed by atoms with E-state index in [4.69, 9.17) is 4.74 Å². The van der Waals surface area contributed by atoms with Gasteiger partial charge in [0, 0.05) is 30.9 Å². The maximum Gasteiger partial charge on any atom is 0.119 e. The Bertz CT molecular complexity index is 698. The number of rotatable bonds is 6. The molecule has 0 fully saturated rings. The largest absolute Gasteiger partial charge is 0.492 e. The number of nitrogens with one attached hydrogen (secondary N) is 1. The molecule has 0 saturated carbocycles. The van der Waals surface area contributed by atoms with Gasteiger partial charge in [0.15, 0.2) is 0 Å². The fourth-order valence-corrected chi connectivity index (χ4v) is 2.23. The molecular weight excluding hydrogens is 260 g/mol. The molecular formula is C18H18N2O. The molecule has 0 radical (unpaired) electrons. The summed E-state index contributed by atoms with van der Waals surface area (Å²) in [6, 6.07) is 18.4. The molecule has 3 heteroatoms. The van der Waals surface area contributed by atoms with E-state index in [2.05, 4.69) is 28.5 Å². The van der Waals surface area contributed by atoms with Crippen molar-refractivity contribution in [1.29, 1.82) is 0 Å². The zero-order valence-corrected chi connectivity index (χ0v) is 11.8. The van der Waals surface area contributed by atoms with Gasteiger partial charge < -0.3 is 10.1 Å². The van der Waals surface area contributed by atoms with Crippen LogP contribution in [-0.4, -0.2) is 18.1 Å². The Balaban J connectivity index is 1.46. The Hall–Kier alpha value is -2.39. The molecule has 1 heterocycles. The summed E-state index contributed by atoms with van der Waals surface area (Å²) in [4.78, 5) is 4.13. The molecule has 0 aliphatic rings. The third-order valence-electron chi connectivity index (χ3n) is 3.32. The number of para-hydroxylation sites is 1. The predicted molar refractivity (Wildman–Crippen MR) is 85.4 cm³/mol. The lowest BCUT2D eigenvalue weighted by atomic mass is 10.1. The van der Waals surface area contributed by atoms with Crippen molar-refractivity contribution >= 4 is 10.8 Å². The van der Waals surface area contributed by atoms with Gasteiger partial charge >= 0.3 is 0 Å². The first kappa shape index (κ1) is 13.6. The van der Waals surface area contributed by atoms with Gasteiger partial charge in [-0.2, -0.15) is 0 Å². The van der Waals surface area contributed by atoms with E-state index >= 15 is 0 Å². The smallest absolute Gasteiger partial charge is 0.119 e. The van der Waals surface area contributed by atoms with Crippen LogP contribution < -0.4 is 10.1 Å². The van der Waals surface area contributed by atoms with Crippen LogP contribution in [0.15, 0.2) is 67.0 Å². The number of fused-ring (bicyclic) bond motifs is 1. The van der Waals surface area contributed by atoms with E-state index in [9.17, 15) is 0 Å². The Labute approximate surface area is 124 Å². The van der Waals surface area contributed by atoms with Crippen LogP contribution in [-0.2, 0) is 6.54 Å². The van der Waals surface area contributed by atoms with Gasteiger partial charge in [-0.1, -0.05) is 30.3 Å². The average molecular weight is 278 g/mol. The Morgan fingerprint density at radius 1 is 0.952 bits per heavy atom. The van der Waals surface area contributed by atoms with Gasteiger partial charge in [-0.3, -0.25) is 4.98 Å². The van der Waals surface area contributed by atoms with Crippen LogP contribution in [0.3, 0.4) is 0 Å². The number of nitrogens with zero attached hydrogens (tertiary/aromatic N) is 1. The van der Waals surface area contributed by atoms with Gasteiger partial charge in [-0.15, -0.1) is 0 Å². The Morgan fingerprint density at radius 3 is 2.76 bits per heavy atom. The van der Waals surface area contributed by atoms with Gasteiger partial charge in [0.2, 0.25) is 0 Å². The number of hydrogen-bond acceptors (Lipinski definition) is 3. The third kappa shape index (κ3) is 3.80. The molecule has 3 nitrogen and oxygen atoms in total. The van der Waals surface area contributed by atoms with Crippen molar-refractivity contribution in [2.75, 3.05) is 13.2 Å². The highest BCUT2D eigenvalue weighted by Gasteiger charge is 1.97. The summed E-state index contributed by atoms with van der Waals surface area (Å²) < 4.78 is 5.64. The van der Waals surface area contributed by atoms with Gasteiger partial charge in [-0.25, -0.2) is 0 Å². The van der Waals surface area contributed by atoms with Gasteiger partial charge in [0.25, 0.3) is 0 Å². The van der Waals surface area contributed by atoms with Crippen molar-refractivity contribution in [3.63, 3.8) is 0 Å². The monoisotopic (exact) mass is 278 g/mol. The molecule has 106 valence electrons. The van der Waals surface area contributed by atoms with Crippen LogP contribution in [0.5, 0.6) is 5.75 Å². The molecule has 0 saturated heterocycles. The van der Waals surface area contributed by atoms with Gasteiger partial charge in [0.05, 0.1) is 0 Å². The summed E-state index contributed by atoms with van der Waals surface area (Å²) in [5.41, 5.74) is 1.27. The van der Waals surface area contributed by atoms with E-state index < -0.39 is 0 Å². The lowest BCUT2D eigenvalue weighted by Gasteiger charge is -2.08. The zero-order valence-electron chi connectivity index (χ0n) is 11.8.